The molecule has 1 aliphatic rings. The van der Waals surface area contributed by atoms with Gasteiger partial charge in [0.2, 0.25) is 0 Å². The van der Waals surface area contributed by atoms with Crippen molar-refractivity contribution < 1.29 is 13.9 Å². The van der Waals surface area contributed by atoms with Crippen LogP contribution < -0.4 is 5.32 Å². The molecule has 1 saturated heterocycles. The van der Waals surface area contributed by atoms with Gasteiger partial charge in [0.1, 0.15) is 5.52 Å². The molecule has 0 saturated carbocycles. The third-order valence-corrected chi connectivity index (χ3v) is 4.68. The number of hydrogen-bond donors (Lipinski definition) is 1. The summed E-state index contributed by atoms with van der Waals surface area (Å²) in [6.45, 7) is 1.34. The Hall–Kier alpha value is -2.66. The van der Waals surface area contributed by atoms with Crippen LogP contribution in [-0.2, 0) is 17.6 Å². The van der Waals surface area contributed by atoms with Gasteiger partial charge in [0.05, 0.1) is 6.10 Å². The molecule has 0 spiro atoms. The van der Waals surface area contributed by atoms with Crippen LogP contribution in [0.5, 0.6) is 0 Å². The molecule has 3 aromatic rings. The highest BCUT2D eigenvalue weighted by atomic mass is 16.5. The second-order valence-electron chi connectivity index (χ2n) is 6.62. The molecular weight excluding hydrogens is 328 g/mol. The van der Waals surface area contributed by atoms with Crippen molar-refractivity contribution in [3.63, 3.8) is 0 Å². The number of aromatic nitrogens is 1. The number of rotatable bonds is 6. The molecule has 0 unspecified atom stereocenters. The summed E-state index contributed by atoms with van der Waals surface area (Å²) >= 11 is 0. The highest BCUT2D eigenvalue weighted by Crippen LogP contribution is 2.19. The van der Waals surface area contributed by atoms with Crippen molar-refractivity contribution in [2.24, 2.45) is 0 Å². The van der Waals surface area contributed by atoms with E-state index < -0.39 is 0 Å². The summed E-state index contributed by atoms with van der Waals surface area (Å²) in [5, 5.41) is 2.93. The maximum Gasteiger partial charge on any atom is 0.251 e. The zero-order chi connectivity index (χ0) is 17.8. The lowest BCUT2D eigenvalue weighted by molar-refractivity contribution is 0.0858. The maximum atomic E-state index is 12.3. The minimum absolute atomic E-state index is 0.107. The molecule has 5 heteroatoms. The molecule has 1 N–H and O–H groups in total. The molecule has 1 aliphatic heterocycles. The molecule has 0 aliphatic carbocycles. The Balaban J connectivity index is 1.40. The summed E-state index contributed by atoms with van der Waals surface area (Å²) < 4.78 is 11.4. The van der Waals surface area contributed by atoms with Gasteiger partial charge in [-0.25, -0.2) is 4.98 Å². The Bertz CT molecular complexity index is 883. The summed E-state index contributed by atoms with van der Waals surface area (Å²) in [7, 11) is 0. The second kappa shape index (κ2) is 7.70. The third-order valence-electron chi connectivity index (χ3n) is 4.68. The van der Waals surface area contributed by atoms with Gasteiger partial charge in [-0.15, -0.1) is 0 Å². The molecule has 1 aromatic heterocycles. The minimum Gasteiger partial charge on any atom is -0.441 e. The van der Waals surface area contributed by atoms with Crippen LogP contribution in [0.2, 0.25) is 0 Å². The van der Waals surface area contributed by atoms with Gasteiger partial charge in [0.25, 0.3) is 5.91 Å². The van der Waals surface area contributed by atoms with Crippen molar-refractivity contribution in [1.82, 2.24) is 10.3 Å². The van der Waals surface area contributed by atoms with E-state index >= 15 is 0 Å². The first-order chi connectivity index (χ1) is 12.8. The van der Waals surface area contributed by atoms with E-state index in [2.05, 4.69) is 22.4 Å². The van der Waals surface area contributed by atoms with E-state index in [4.69, 9.17) is 9.15 Å². The smallest absolute Gasteiger partial charge is 0.251 e. The lowest BCUT2D eigenvalue weighted by Crippen LogP contribution is -2.31. The monoisotopic (exact) mass is 350 g/mol. The van der Waals surface area contributed by atoms with E-state index in [1.54, 1.807) is 12.1 Å². The molecule has 5 nitrogen and oxygen atoms in total. The van der Waals surface area contributed by atoms with Crippen molar-refractivity contribution in [1.29, 1.82) is 0 Å². The predicted molar refractivity (Wildman–Crippen MR) is 99.2 cm³/mol. The minimum atomic E-state index is -0.107. The quantitative estimate of drug-likeness (QED) is 0.739. The van der Waals surface area contributed by atoms with Gasteiger partial charge < -0.3 is 14.5 Å². The number of fused-ring (bicyclic) bond motifs is 1. The highest BCUT2D eigenvalue weighted by molar-refractivity contribution is 5.97. The van der Waals surface area contributed by atoms with Crippen molar-refractivity contribution >= 4 is 17.0 Å². The number of carbonyl (C=O) groups is 1. The molecule has 1 atom stereocenters. The molecule has 26 heavy (non-hydrogen) atoms. The van der Waals surface area contributed by atoms with E-state index in [-0.39, 0.29) is 12.0 Å². The standard InChI is InChI=1S/C21H22N2O3/c24-21(22-14-17-7-4-12-25-17)16-9-10-18-19(13-16)26-20(23-18)11-8-15-5-2-1-3-6-15/h1-3,5-6,9-10,13,17H,4,7-8,11-12,14H2,(H,22,24)/t17-/m1/s1. The fourth-order valence-corrected chi connectivity index (χ4v) is 3.23. The van der Waals surface area contributed by atoms with Gasteiger partial charge in [-0.3, -0.25) is 4.79 Å². The fourth-order valence-electron chi connectivity index (χ4n) is 3.23. The van der Waals surface area contributed by atoms with Crippen LogP contribution in [0.25, 0.3) is 11.1 Å². The normalized spacial score (nSPS) is 16.8. The Kier molecular flexibility index (Phi) is 4.97. The maximum absolute atomic E-state index is 12.3. The van der Waals surface area contributed by atoms with Crippen LogP contribution >= 0.6 is 0 Å². The summed E-state index contributed by atoms with van der Waals surface area (Å²) in [5.74, 6) is 0.588. The van der Waals surface area contributed by atoms with Crippen LogP contribution in [0, 0.1) is 0 Å². The molecule has 134 valence electrons. The molecule has 0 radical (unpaired) electrons. The Morgan fingerprint density at radius 2 is 2.04 bits per heavy atom. The summed E-state index contributed by atoms with van der Waals surface area (Å²) in [6, 6.07) is 15.7. The van der Waals surface area contributed by atoms with Crippen LogP contribution in [0.1, 0.15) is 34.7 Å². The van der Waals surface area contributed by atoms with E-state index in [1.165, 1.54) is 5.56 Å². The average molecular weight is 350 g/mol. The molecule has 2 heterocycles. The van der Waals surface area contributed by atoms with Gasteiger partial charge in [0.15, 0.2) is 11.5 Å². The summed E-state index contributed by atoms with van der Waals surface area (Å²) in [5.41, 5.74) is 3.27. The first-order valence-corrected chi connectivity index (χ1v) is 9.11. The van der Waals surface area contributed by atoms with Gasteiger partial charge in [-0.05, 0) is 43.0 Å². The van der Waals surface area contributed by atoms with E-state index in [1.807, 2.05) is 24.3 Å². The molecule has 4 rings (SSSR count). The number of aryl methyl sites for hydroxylation is 2. The SMILES string of the molecule is O=C(NC[C@H]1CCCO1)c1ccc2nc(CCc3ccccc3)oc2c1. The molecule has 0 bridgehead atoms. The Morgan fingerprint density at radius 1 is 1.15 bits per heavy atom. The number of ether oxygens (including phenoxy) is 1. The Labute approximate surface area is 152 Å². The second-order valence-corrected chi connectivity index (χ2v) is 6.62. The van der Waals surface area contributed by atoms with Crippen LogP contribution in [0.15, 0.2) is 52.9 Å². The topological polar surface area (TPSA) is 64.4 Å². The first kappa shape index (κ1) is 16.8. The summed E-state index contributed by atoms with van der Waals surface area (Å²) in [6.07, 6.45) is 3.82. The van der Waals surface area contributed by atoms with E-state index in [0.29, 0.717) is 23.6 Å². The molecule has 2 aromatic carbocycles. The van der Waals surface area contributed by atoms with Gasteiger partial charge in [-0.2, -0.15) is 0 Å². The number of hydrogen-bond acceptors (Lipinski definition) is 4. The molecule has 1 fully saturated rings. The van der Waals surface area contributed by atoms with Crippen molar-refractivity contribution in [2.75, 3.05) is 13.2 Å². The summed E-state index contributed by atoms with van der Waals surface area (Å²) in [4.78, 5) is 16.9. The fraction of sp³-hybridized carbons (Fsp3) is 0.333. The van der Waals surface area contributed by atoms with Crippen molar-refractivity contribution in [3.05, 3.63) is 65.5 Å². The molecular formula is C21H22N2O3. The number of carbonyl (C=O) groups excluding carboxylic acids is 1. The van der Waals surface area contributed by atoms with E-state index in [9.17, 15) is 4.79 Å². The average Bonchev–Trinajstić information content (AvgIpc) is 3.34. The van der Waals surface area contributed by atoms with Crippen molar-refractivity contribution in [2.45, 2.75) is 31.8 Å². The Morgan fingerprint density at radius 3 is 2.85 bits per heavy atom. The number of nitrogens with one attached hydrogen (secondary N) is 1. The van der Waals surface area contributed by atoms with Crippen LogP contribution in [-0.4, -0.2) is 30.1 Å². The lowest BCUT2D eigenvalue weighted by Gasteiger charge is -2.10. The van der Waals surface area contributed by atoms with E-state index in [0.717, 1.165) is 37.8 Å². The number of oxazole rings is 1. The van der Waals surface area contributed by atoms with Crippen LogP contribution in [0.3, 0.4) is 0 Å². The molecule has 1 amide bonds. The zero-order valence-corrected chi connectivity index (χ0v) is 14.6. The first-order valence-electron chi connectivity index (χ1n) is 9.11. The largest absolute Gasteiger partial charge is 0.441 e. The number of benzene rings is 2. The zero-order valence-electron chi connectivity index (χ0n) is 14.6. The number of nitrogens with zero attached hydrogens (tertiary/aromatic N) is 1. The predicted octanol–water partition coefficient (Wildman–Crippen LogP) is 3.52. The van der Waals surface area contributed by atoms with Gasteiger partial charge >= 0.3 is 0 Å². The van der Waals surface area contributed by atoms with Crippen molar-refractivity contribution in [3.8, 4) is 0 Å². The van der Waals surface area contributed by atoms with Gasteiger partial charge in [0, 0.05) is 25.1 Å². The number of amides is 1. The lowest BCUT2D eigenvalue weighted by atomic mass is 10.1. The van der Waals surface area contributed by atoms with Crippen LogP contribution in [0.4, 0.5) is 0 Å². The van der Waals surface area contributed by atoms with Gasteiger partial charge in [-0.1, -0.05) is 30.3 Å². The highest BCUT2D eigenvalue weighted by Gasteiger charge is 2.17. The third kappa shape index (κ3) is 3.94.